The molecule has 0 amide bonds. The predicted molar refractivity (Wildman–Crippen MR) is 158 cm³/mol. The topological polar surface area (TPSA) is 78.2 Å². The highest BCUT2D eigenvalue weighted by Crippen LogP contribution is 2.37. The van der Waals surface area contributed by atoms with Crippen LogP contribution in [0.5, 0.6) is 11.5 Å². The van der Waals surface area contributed by atoms with E-state index in [1.54, 1.807) is 29.9 Å². The van der Waals surface area contributed by atoms with Crippen LogP contribution < -0.4 is 15.6 Å². The molecular weight excluding hydrogens is 527 g/mol. The fourth-order valence-corrected chi connectivity index (χ4v) is 5.60. The van der Waals surface area contributed by atoms with Crippen LogP contribution in [0.25, 0.3) is 15.9 Å². The molecule has 9 heteroatoms. The highest BCUT2D eigenvalue weighted by atomic mass is 32.1. The molecule has 0 aliphatic rings. The second kappa shape index (κ2) is 10.7. The van der Waals surface area contributed by atoms with Crippen molar-refractivity contribution in [1.82, 2.24) is 14.3 Å². The Kier molecular flexibility index (Phi) is 7.33. The molecule has 0 fully saturated rings. The van der Waals surface area contributed by atoms with Crippen molar-refractivity contribution >= 4 is 32.3 Å². The zero-order valence-corrected chi connectivity index (χ0v) is 23.9. The number of carbonyl (C=O) groups is 1. The molecule has 0 unspecified atom stereocenters. The van der Waals surface area contributed by atoms with Crippen LogP contribution >= 0.6 is 11.3 Å². The number of benzene rings is 2. The monoisotopic (exact) mass is 558 g/mol. The molecule has 0 spiro atoms. The number of rotatable bonds is 8. The average Bonchev–Trinajstić information content (AvgIpc) is 3.44. The van der Waals surface area contributed by atoms with Crippen LogP contribution in [-0.2, 0) is 13.0 Å². The molecule has 0 bridgehead atoms. The van der Waals surface area contributed by atoms with Gasteiger partial charge in [-0.2, -0.15) is 0 Å². The van der Waals surface area contributed by atoms with Gasteiger partial charge in [0.25, 0.3) is 5.56 Å². The lowest BCUT2D eigenvalue weighted by molar-refractivity contribution is 0.0991. The number of pyridine rings is 1. The molecule has 3 heterocycles. The number of thiophene rings is 1. The lowest BCUT2D eigenvalue weighted by Crippen LogP contribution is -2.27. The number of nitrogens with zero attached hydrogens (tertiary/aromatic N) is 3. The first-order valence-corrected chi connectivity index (χ1v) is 13.8. The average molecular weight is 559 g/mol. The quantitative estimate of drug-likeness (QED) is 0.208. The Bertz CT molecular complexity index is 1760. The molecule has 40 heavy (non-hydrogen) atoms. The number of ether oxygens (including phenoxy) is 1. The molecule has 0 saturated carbocycles. The summed E-state index contributed by atoms with van der Waals surface area (Å²) in [6.07, 6.45) is 1.50. The zero-order valence-electron chi connectivity index (χ0n) is 23.1. The molecule has 0 aliphatic heterocycles. The van der Waals surface area contributed by atoms with Crippen molar-refractivity contribution in [3.8, 4) is 17.2 Å². The van der Waals surface area contributed by atoms with Crippen LogP contribution in [0.2, 0.25) is 0 Å². The van der Waals surface area contributed by atoms with Crippen LogP contribution in [0.4, 0.5) is 9.39 Å². The molecule has 5 aromatic rings. The third-order valence-electron chi connectivity index (χ3n) is 6.50. The van der Waals surface area contributed by atoms with Gasteiger partial charge in [-0.25, -0.2) is 9.07 Å². The first-order valence-electron chi connectivity index (χ1n) is 13.0. The Morgan fingerprint density at radius 3 is 2.50 bits per heavy atom. The van der Waals surface area contributed by atoms with Gasteiger partial charge in [-0.15, -0.1) is 11.3 Å². The number of anilines is 1. The van der Waals surface area contributed by atoms with E-state index in [1.807, 2.05) is 48.1 Å². The molecule has 0 radical (unpaired) electrons. The fourth-order valence-electron chi connectivity index (χ4n) is 4.68. The summed E-state index contributed by atoms with van der Waals surface area (Å²) in [6.45, 7) is 8.57. The van der Waals surface area contributed by atoms with E-state index in [-0.39, 0.29) is 34.5 Å². The number of halogens is 1. The van der Waals surface area contributed by atoms with E-state index in [1.165, 1.54) is 23.5 Å². The molecule has 7 nitrogen and oxygen atoms in total. The SMILES string of the molecule is CNc1cc2nccc(Oc3ccc(CC(=O)c4c(C)n(CC(C)(C)C)n(-c5ccccc5)c4=O)cc3F)c2s1. The van der Waals surface area contributed by atoms with Gasteiger partial charge in [-0.1, -0.05) is 45.0 Å². The number of hydrogen-bond donors (Lipinski definition) is 1. The Balaban J connectivity index is 1.44. The van der Waals surface area contributed by atoms with Crippen molar-refractivity contribution in [2.24, 2.45) is 5.41 Å². The van der Waals surface area contributed by atoms with E-state index in [0.717, 1.165) is 15.2 Å². The highest BCUT2D eigenvalue weighted by Gasteiger charge is 2.26. The molecule has 3 aromatic heterocycles. The second-order valence-electron chi connectivity index (χ2n) is 10.9. The Morgan fingerprint density at radius 2 is 1.82 bits per heavy atom. The minimum atomic E-state index is -0.593. The van der Waals surface area contributed by atoms with Crippen molar-refractivity contribution in [2.45, 2.75) is 40.7 Å². The van der Waals surface area contributed by atoms with E-state index >= 15 is 4.39 Å². The van der Waals surface area contributed by atoms with Crippen LogP contribution in [0, 0.1) is 18.2 Å². The van der Waals surface area contributed by atoms with Gasteiger partial charge < -0.3 is 10.1 Å². The van der Waals surface area contributed by atoms with Gasteiger partial charge in [0, 0.05) is 38.0 Å². The minimum absolute atomic E-state index is 0.0436. The van der Waals surface area contributed by atoms with Crippen molar-refractivity contribution in [1.29, 1.82) is 0 Å². The van der Waals surface area contributed by atoms with Crippen LogP contribution in [-0.4, -0.2) is 27.2 Å². The number of nitrogens with one attached hydrogen (secondary N) is 1. The zero-order chi connectivity index (χ0) is 28.6. The lowest BCUT2D eigenvalue weighted by Gasteiger charge is -2.23. The predicted octanol–water partition coefficient (Wildman–Crippen LogP) is 7.00. The maximum absolute atomic E-state index is 15.2. The number of Topliss-reactive ketones (excluding diaryl/α,β-unsaturated/α-hetero) is 1. The number of hydrogen-bond acceptors (Lipinski definition) is 6. The van der Waals surface area contributed by atoms with E-state index in [0.29, 0.717) is 29.2 Å². The third-order valence-corrected chi connectivity index (χ3v) is 7.66. The van der Waals surface area contributed by atoms with Crippen molar-refractivity contribution in [2.75, 3.05) is 12.4 Å². The normalized spacial score (nSPS) is 11.7. The first kappa shape index (κ1) is 27.3. The summed E-state index contributed by atoms with van der Waals surface area (Å²) in [5, 5.41) is 4.00. The number of ketones is 1. The van der Waals surface area contributed by atoms with Gasteiger partial charge in [-0.05, 0) is 48.2 Å². The summed E-state index contributed by atoms with van der Waals surface area (Å²) in [7, 11) is 1.82. The Hall–Kier alpha value is -4.24. The number of para-hydroxylation sites is 1. The van der Waals surface area contributed by atoms with Crippen LogP contribution in [0.15, 0.2) is 71.7 Å². The van der Waals surface area contributed by atoms with E-state index in [2.05, 4.69) is 31.1 Å². The lowest BCUT2D eigenvalue weighted by atomic mass is 9.97. The molecule has 0 aliphatic carbocycles. The van der Waals surface area contributed by atoms with Gasteiger partial charge in [-0.3, -0.25) is 19.3 Å². The number of carbonyl (C=O) groups excluding carboxylic acids is 1. The Labute approximate surface area is 235 Å². The van der Waals surface area contributed by atoms with E-state index < -0.39 is 5.82 Å². The van der Waals surface area contributed by atoms with Crippen molar-refractivity contribution < 1.29 is 13.9 Å². The Morgan fingerprint density at radius 1 is 1.07 bits per heavy atom. The number of aromatic nitrogens is 3. The maximum Gasteiger partial charge on any atom is 0.282 e. The van der Waals surface area contributed by atoms with E-state index in [4.69, 9.17) is 4.74 Å². The highest BCUT2D eigenvalue weighted by molar-refractivity contribution is 7.23. The third kappa shape index (κ3) is 5.42. The fraction of sp³-hybridized carbons (Fsp3) is 0.258. The molecular formula is C31H31FN4O3S. The van der Waals surface area contributed by atoms with Gasteiger partial charge in [0.15, 0.2) is 17.3 Å². The van der Waals surface area contributed by atoms with Crippen LogP contribution in [0.1, 0.15) is 42.4 Å². The van der Waals surface area contributed by atoms with Crippen LogP contribution in [0.3, 0.4) is 0 Å². The molecule has 0 saturated heterocycles. The number of fused-ring (bicyclic) bond motifs is 1. The molecule has 2 aromatic carbocycles. The second-order valence-corrected chi connectivity index (χ2v) is 11.9. The van der Waals surface area contributed by atoms with Crippen molar-refractivity contribution in [3.05, 3.63) is 99.9 Å². The summed E-state index contributed by atoms with van der Waals surface area (Å²) < 4.78 is 25.3. The standard InChI is InChI=1S/C31H31FN4O3S/c1-19-28(30(38)36(21-9-7-6-8-10-21)35(19)18-31(2,3)4)24(37)16-20-11-12-25(22(32)15-20)39-26-13-14-34-23-17-27(33-5)40-29(23)26/h6-15,17,33H,16,18H2,1-5H3. The largest absolute Gasteiger partial charge is 0.453 e. The minimum Gasteiger partial charge on any atom is -0.453 e. The van der Waals surface area contributed by atoms with Gasteiger partial charge in [0.05, 0.1) is 20.9 Å². The van der Waals surface area contributed by atoms with Gasteiger partial charge in [0.1, 0.15) is 11.3 Å². The molecule has 5 rings (SSSR count). The van der Waals surface area contributed by atoms with Crippen molar-refractivity contribution in [3.63, 3.8) is 0 Å². The molecule has 0 atom stereocenters. The smallest absolute Gasteiger partial charge is 0.282 e. The molecule has 206 valence electrons. The molecule has 1 N–H and O–H groups in total. The van der Waals surface area contributed by atoms with E-state index in [9.17, 15) is 9.59 Å². The summed E-state index contributed by atoms with van der Waals surface area (Å²) in [5.41, 5.74) is 2.09. The summed E-state index contributed by atoms with van der Waals surface area (Å²) in [5.74, 6) is -0.412. The van der Waals surface area contributed by atoms with Gasteiger partial charge in [0.2, 0.25) is 0 Å². The van der Waals surface area contributed by atoms with Gasteiger partial charge >= 0.3 is 0 Å². The summed E-state index contributed by atoms with van der Waals surface area (Å²) in [4.78, 5) is 31.4. The maximum atomic E-state index is 15.2. The summed E-state index contributed by atoms with van der Waals surface area (Å²) >= 11 is 1.47. The first-order chi connectivity index (χ1) is 19.1. The summed E-state index contributed by atoms with van der Waals surface area (Å²) in [6, 6.07) is 17.3.